The van der Waals surface area contributed by atoms with Gasteiger partial charge in [0.05, 0.1) is 23.2 Å². The van der Waals surface area contributed by atoms with Gasteiger partial charge in [-0.2, -0.15) is 0 Å². The first kappa shape index (κ1) is 35.8. The summed E-state index contributed by atoms with van der Waals surface area (Å²) in [6, 6.07) is 10.6. The Kier molecular flexibility index (Phi) is 9.02. The van der Waals surface area contributed by atoms with Gasteiger partial charge in [0.15, 0.2) is 0 Å². The highest BCUT2D eigenvalue weighted by atomic mass is 16.4. The Bertz CT molecular complexity index is 1720. The predicted molar refractivity (Wildman–Crippen MR) is 196 cm³/mol. The number of nitrogens with zero attached hydrogens (tertiary/aromatic N) is 1. The minimum Gasteiger partial charge on any atom is -0.478 e. The van der Waals surface area contributed by atoms with Crippen LogP contribution in [0.2, 0.25) is 0 Å². The Morgan fingerprint density at radius 2 is 1.63 bits per heavy atom. The van der Waals surface area contributed by atoms with Gasteiger partial charge in [-0.15, -0.1) is 0 Å². The minimum absolute atomic E-state index is 0.104. The van der Waals surface area contributed by atoms with Crippen molar-refractivity contribution in [2.45, 2.75) is 118 Å². The normalized spacial score (nSPS) is 36.5. The number of carbonyl (C=O) groups excluding carboxylic acids is 3. The van der Waals surface area contributed by atoms with E-state index in [0.717, 1.165) is 56.9 Å². The van der Waals surface area contributed by atoms with E-state index in [0.29, 0.717) is 53.7 Å². The van der Waals surface area contributed by atoms with Gasteiger partial charge in [0, 0.05) is 30.1 Å². The van der Waals surface area contributed by atoms with Crippen molar-refractivity contribution in [1.82, 2.24) is 15.6 Å². The first-order valence-corrected chi connectivity index (χ1v) is 19.5. The van der Waals surface area contributed by atoms with E-state index in [2.05, 4.69) is 50.2 Å². The molecule has 5 aliphatic carbocycles. The number of aromatic nitrogens is 1. The maximum absolute atomic E-state index is 14.3. The van der Waals surface area contributed by atoms with Gasteiger partial charge in [-0.05, 0) is 134 Å². The summed E-state index contributed by atoms with van der Waals surface area (Å²) in [5.41, 5.74) is 2.32. The van der Waals surface area contributed by atoms with E-state index in [9.17, 15) is 19.2 Å². The molecule has 5 fully saturated rings. The van der Waals surface area contributed by atoms with Gasteiger partial charge >= 0.3 is 5.97 Å². The number of ketones is 1. The van der Waals surface area contributed by atoms with Crippen LogP contribution in [0, 0.1) is 50.7 Å². The summed E-state index contributed by atoms with van der Waals surface area (Å²) < 4.78 is 0. The maximum atomic E-state index is 14.3. The lowest BCUT2D eigenvalue weighted by Gasteiger charge is -2.72. The highest BCUT2D eigenvalue weighted by molar-refractivity contribution is 5.94. The van der Waals surface area contributed by atoms with E-state index in [-0.39, 0.29) is 51.0 Å². The first-order chi connectivity index (χ1) is 24.2. The number of rotatable bonds is 8. The molecule has 0 radical (unpaired) electrons. The molecule has 7 unspecified atom stereocenters. The molecule has 5 saturated carbocycles. The number of hydrogen-bond donors (Lipinski definition) is 3. The summed E-state index contributed by atoms with van der Waals surface area (Å²) in [7, 11) is 0. The largest absolute Gasteiger partial charge is 0.478 e. The number of carbonyl (C=O) groups is 4. The Morgan fingerprint density at radius 3 is 2.37 bits per heavy atom. The summed E-state index contributed by atoms with van der Waals surface area (Å²) in [5, 5.41) is 15.3. The molecule has 0 saturated heterocycles. The third-order valence-corrected chi connectivity index (χ3v) is 15.9. The summed E-state index contributed by atoms with van der Waals surface area (Å²) >= 11 is 0. The Hall–Kier alpha value is -3.55. The van der Waals surface area contributed by atoms with Crippen LogP contribution in [0.15, 0.2) is 42.6 Å². The van der Waals surface area contributed by atoms with Crippen LogP contribution >= 0.6 is 0 Å². The lowest BCUT2D eigenvalue weighted by Crippen LogP contribution is -2.66. The number of amides is 2. The molecular weight excluding hydrogens is 638 g/mol. The van der Waals surface area contributed by atoms with Crippen molar-refractivity contribution in [1.29, 1.82) is 0 Å². The molecule has 1 heterocycles. The van der Waals surface area contributed by atoms with Crippen LogP contribution in [0.3, 0.4) is 0 Å². The number of nitrogens with one attached hydrogen (secondary N) is 2. The Labute approximate surface area is 303 Å². The molecule has 8 atom stereocenters. The zero-order chi connectivity index (χ0) is 36.4. The van der Waals surface area contributed by atoms with Crippen molar-refractivity contribution in [2.75, 3.05) is 6.54 Å². The molecule has 8 nitrogen and oxygen atoms in total. The fraction of sp³-hybridized carbons (Fsp3) is 0.651. The summed E-state index contributed by atoms with van der Waals surface area (Å²) in [5.74, 6) is 1.49. The second-order valence-electron chi connectivity index (χ2n) is 18.2. The average Bonchev–Trinajstić information content (AvgIpc) is 3.55. The molecule has 3 N–H and O–H groups in total. The first-order valence-electron chi connectivity index (χ1n) is 19.5. The Balaban J connectivity index is 0.989. The molecule has 0 bridgehead atoms. The standard InChI is InChI=1S/C43H57N3O5/c1-39(2)33-15-20-42(5)34(40(33,3)19-16-35(39)47)14-13-31-32-10-7-18-43(32,22-21-41(31,42)4)38(51)44-23-17-27-8-6-9-28(24-27)36(48)46-26-30-12-11-29(25-45-30)37(49)50/h6,8-9,11-12,24-25,31-34H,7,10,13-23,26H2,1-5H3,(H,44,51)(H,46,48)(H,49,50)/t31?,32?,33?,34?,40?,41-,42?,43?/m1/s1. The molecule has 1 aromatic heterocycles. The number of hydrogen-bond acceptors (Lipinski definition) is 5. The number of carboxylic acids is 1. The Morgan fingerprint density at radius 1 is 0.824 bits per heavy atom. The molecule has 51 heavy (non-hydrogen) atoms. The fourth-order valence-electron chi connectivity index (χ4n) is 13.1. The van der Waals surface area contributed by atoms with Gasteiger partial charge in [-0.1, -0.05) is 53.2 Å². The van der Waals surface area contributed by atoms with Crippen LogP contribution in [0.25, 0.3) is 0 Å². The number of pyridine rings is 1. The van der Waals surface area contributed by atoms with E-state index >= 15 is 0 Å². The maximum Gasteiger partial charge on any atom is 0.337 e. The highest BCUT2D eigenvalue weighted by Crippen LogP contribution is 2.76. The van der Waals surface area contributed by atoms with Gasteiger partial charge in [0.1, 0.15) is 5.78 Å². The molecule has 7 rings (SSSR count). The topological polar surface area (TPSA) is 125 Å². The highest BCUT2D eigenvalue weighted by Gasteiger charge is 2.70. The molecule has 274 valence electrons. The second-order valence-corrected chi connectivity index (χ2v) is 18.2. The number of fused-ring (bicyclic) bond motifs is 7. The summed E-state index contributed by atoms with van der Waals surface area (Å²) in [6.45, 7) is 12.9. The molecule has 2 amide bonds. The monoisotopic (exact) mass is 695 g/mol. The van der Waals surface area contributed by atoms with E-state index < -0.39 is 5.97 Å². The van der Waals surface area contributed by atoms with Crippen molar-refractivity contribution in [3.63, 3.8) is 0 Å². The van der Waals surface area contributed by atoms with Crippen LogP contribution < -0.4 is 10.6 Å². The molecule has 8 heteroatoms. The van der Waals surface area contributed by atoms with Gasteiger partial charge in [-0.3, -0.25) is 19.4 Å². The second kappa shape index (κ2) is 12.8. The zero-order valence-corrected chi connectivity index (χ0v) is 31.3. The summed E-state index contributed by atoms with van der Waals surface area (Å²) in [6.07, 6.45) is 13.8. The quantitative estimate of drug-likeness (QED) is 0.259. The number of aromatic carboxylic acids is 1. The van der Waals surface area contributed by atoms with E-state index in [1.165, 1.54) is 31.5 Å². The third kappa shape index (κ3) is 5.65. The lowest BCUT2D eigenvalue weighted by atomic mass is 9.32. The minimum atomic E-state index is -1.04. The fourth-order valence-corrected chi connectivity index (χ4v) is 13.1. The van der Waals surface area contributed by atoms with Crippen molar-refractivity contribution in [3.05, 3.63) is 65.0 Å². The zero-order valence-electron chi connectivity index (χ0n) is 31.3. The molecule has 1 aromatic carbocycles. The van der Waals surface area contributed by atoms with Gasteiger partial charge in [0.25, 0.3) is 5.91 Å². The molecule has 2 aromatic rings. The average molecular weight is 696 g/mol. The van der Waals surface area contributed by atoms with Crippen molar-refractivity contribution < 1.29 is 24.3 Å². The molecular formula is C43H57N3O5. The number of Topliss-reactive ketones (excluding diaryl/α,β-unsaturated/α-hetero) is 1. The van der Waals surface area contributed by atoms with E-state index in [4.69, 9.17) is 5.11 Å². The molecule has 5 aliphatic rings. The molecule has 0 aliphatic heterocycles. The lowest BCUT2D eigenvalue weighted by molar-refractivity contribution is -0.230. The van der Waals surface area contributed by atoms with Gasteiger partial charge in [-0.25, -0.2) is 4.79 Å². The SMILES string of the molecule is CC1(C)C(=O)CCC2(C)C1CCC1(C)C2CCC2C3CCCC3(C(=O)NCCc3cccc(C(=O)NCc4ccc(C(=O)O)cn4)c3)CC[C@]21C. The van der Waals surface area contributed by atoms with E-state index in [1.54, 1.807) is 12.1 Å². The third-order valence-electron chi connectivity index (χ3n) is 15.9. The van der Waals surface area contributed by atoms with Crippen molar-refractivity contribution >= 4 is 23.6 Å². The van der Waals surface area contributed by atoms with E-state index in [1.807, 2.05) is 18.2 Å². The van der Waals surface area contributed by atoms with Gasteiger partial charge in [0.2, 0.25) is 5.91 Å². The van der Waals surface area contributed by atoms with Crippen LogP contribution in [-0.4, -0.2) is 40.2 Å². The van der Waals surface area contributed by atoms with Crippen molar-refractivity contribution in [2.24, 2.45) is 50.7 Å². The number of benzene rings is 1. The van der Waals surface area contributed by atoms with Crippen LogP contribution in [0.4, 0.5) is 0 Å². The smallest absolute Gasteiger partial charge is 0.337 e. The van der Waals surface area contributed by atoms with Crippen LogP contribution in [0.5, 0.6) is 0 Å². The molecule has 0 spiro atoms. The predicted octanol–water partition coefficient (Wildman–Crippen LogP) is 7.79. The van der Waals surface area contributed by atoms with Crippen LogP contribution in [0.1, 0.15) is 137 Å². The van der Waals surface area contributed by atoms with Gasteiger partial charge < -0.3 is 15.7 Å². The summed E-state index contributed by atoms with van der Waals surface area (Å²) in [4.78, 5) is 55.5. The number of carboxylic acid groups (broad SMARTS) is 1. The van der Waals surface area contributed by atoms with Crippen LogP contribution in [-0.2, 0) is 22.6 Å². The van der Waals surface area contributed by atoms with Crippen molar-refractivity contribution in [3.8, 4) is 0 Å².